The third kappa shape index (κ3) is 3.76. The molecule has 0 saturated carbocycles. The molecule has 0 aromatic heterocycles. The Hall–Kier alpha value is -1.00. The van der Waals surface area contributed by atoms with Crippen molar-refractivity contribution in [1.29, 1.82) is 0 Å². The lowest BCUT2D eigenvalue weighted by Crippen LogP contribution is -2.33. The molecule has 1 aromatic rings. The number of thioether (sulfide) groups is 1. The van der Waals surface area contributed by atoms with Crippen LogP contribution in [-0.4, -0.2) is 49.0 Å². The summed E-state index contributed by atoms with van der Waals surface area (Å²) in [5.74, 6) is 7.11. The highest BCUT2D eigenvalue weighted by atomic mass is 32.2. The quantitative estimate of drug-likeness (QED) is 0.833. The van der Waals surface area contributed by atoms with Crippen LogP contribution in [0.5, 0.6) is 0 Å². The lowest BCUT2D eigenvalue weighted by atomic mass is 10.2. The first-order chi connectivity index (χ1) is 9.64. The van der Waals surface area contributed by atoms with E-state index in [9.17, 15) is 8.42 Å². The van der Waals surface area contributed by atoms with Crippen LogP contribution in [0.4, 0.5) is 0 Å². The number of aliphatic hydroxyl groups excluding tert-OH is 1. The first-order valence-electron chi connectivity index (χ1n) is 6.42. The summed E-state index contributed by atoms with van der Waals surface area (Å²) in [6.07, 6.45) is 0.883. The molecule has 0 unspecified atom stereocenters. The van der Waals surface area contributed by atoms with Crippen molar-refractivity contribution in [2.45, 2.75) is 11.3 Å². The Morgan fingerprint density at radius 3 is 2.95 bits per heavy atom. The predicted molar refractivity (Wildman–Crippen MR) is 81.1 cm³/mol. The van der Waals surface area contributed by atoms with Crippen molar-refractivity contribution in [3.05, 3.63) is 29.8 Å². The van der Waals surface area contributed by atoms with Crippen molar-refractivity contribution in [1.82, 2.24) is 4.31 Å². The normalized spacial score (nSPS) is 17.1. The molecule has 0 spiro atoms. The van der Waals surface area contributed by atoms with Crippen LogP contribution in [0.2, 0.25) is 0 Å². The molecule has 20 heavy (non-hydrogen) atoms. The molecule has 1 saturated heterocycles. The second-order valence-corrected chi connectivity index (χ2v) is 7.52. The number of nitrogens with zero attached hydrogens (tertiary/aromatic N) is 1. The summed E-state index contributed by atoms with van der Waals surface area (Å²) in [6, 6.07) is 6.58. The molecule has 0 bridgehead atoms. The summed E-state index contributed by atoms with van der Waals surface area (Å²) in [6.45, 7) is 0.891. The van der Waals surface area contributed by atoms with E-state index in [-0.39, 0.29) is 11.5 Å². The lowest BCUT2D eigenvalue weighted by Gasteiger charge is -2.19. The van der Waals surface area contributed by atoms with E-state index in [1.165, 1.54) is 0 Å². The molecule has 0 radical (unpaired) electrons. The summed E-state index contributed by atoms with van der Waals surface area (Å²) in [7, 11) is -3.44. The molecule has 6 heteroatoms. The van der Waals surface area contributed by atoms with Crippen LogP contribution in [-0.2, 0) is 10.0 Å². The molecule has 1 N–H and O–H groups in total. The molecular weight excluding hydrogens is 294 g/mol. The van der Waals surface area contributed by atoms with Crippen LogP contribution in [0, 0.1) is 11.8 Å². The van der Waals surface area contributed by atoms with Gasteiger partial charge in [-0.2, -0.15) is 16.1 Å². The number of aliphatic hydroxyl groups is 1. The zero-order valence-electron chi connectivity index (χ0n) is 11.1. The average Bonchev–Trinajstić information content (AvgIpc) is 2.75. The number of sulfonamides is 1. The van der Waals surface area contributed by atoms with E-state index in [4.69, 9.17) is 5.11 Å². The van der Waals surface area contributed by atoms with Crippen LogP contribution < -0.4 is 0 Å². The van der Waals surface area contributed by atoms with Crippen LogP contribution in [0.25, 0.3) is 0 Å². The number of benzene rings is 1. The zero-order valence-corrected chi connectivity index (χ0v) is 12.7. The van der Waals surface area contributed by atoms with Crippen LogP contribution in [0.3, 0.4) is 0 Å². The Bertz CT molecular complexity index is 609. The van der Waals surface area contributed by atoms with Gasteiger partial charge in [0.1, 0.15) is 6.61 Å². The van der Waals surface area contributed by atoms with Gasteiger partial charge in [-0.15, -0.1) is 0 Å². The molecule has 1 aromatic carbocycles. The highest BCUT2D eigenvalue weighted by Crippen LogP contribution is 2.20. The van der Waals surface area contributed by atoms with Crippen LogP contribution in [0.1, 0.15) is 12.0 Å². The average molecular weight is 311 g/mol. The van der Waals surface area contributed by atoms with E-state index in [2.05, 4.69) is 11.8 Å². The molecule has 0 aliphatic carbocycles. The van der Waals surface area contributed by atoms with Gasteiger partial charge in [-0.05, 0) is 30.4 Å². The van der Waals surface area contributed by atoms with Gasteiger partial charge in [0.05, 0.1) is 4.90 Å². The topological polar surface area (TPSA) is 57.6 Å². The van der Waals surface area contributed by atoms with E-state index in [0.717, 1.165) is 17.9 Å². The molecule has 2 rings (SSSR count). The van der Waals surface area contributed by atoms with Gasteiger partial charge < -0.3 is 5.11 Å². The van der Waals surface area contributed by atoms with Crippen molar-refractivity contribution < 1.29 is 13.5 Å². The minimum absolute atomic E-state index is 0.236. The van der Waals surface area contributed by atoms with Crippen molar-refractivity contribution in [3.8, 4) is 11.8 Å². The molecule has 0 amide bonds. The third-order valence-corrected chi connectivity index (χ3v) is 5.91. The molecule has 1 aliphatic rings. The maximum absolute atomic E-state index is 12.6. The zero-order chi connectivity index (χ0) is 14.4. The Balaban J connectivity index is 2.28. The minimum Gasteiger partial charge on any atom is -0.384 e. The first-order valence-corrected chi connectivity index (χ1v) is 9.02. The third-order valence-electron chi connectivity index (χ3n) is 2.96. The Labute approximate surface area is 124 Å². The molecular formula is C14H17NO3S2. The van der Waals surface area contributed by atoms with Gasteiger partial charge in [-0.1, -0.05) is 17.9 Å². The van der Waals surface area contributed by atoms with Crippen molar-refractivity contribution in [3.63, 3.8) is 0 Å². The number of hydrogen-bond donors (Lipinski definition) is 1. The van der Waals surface area contributed by atoms with E-state index >= 15 is 0 Å². The maximum atomic E-state index is 12.6. The maximum Gasteiger partial charge on any atom is 0.243 e. The van der Waals surface area contributed by atoms with E-state index in [1.807, 2.05) is 0 Å². The van der Waals surface area contributed by atoms with E-state index in [1.54, 1.807) is 40.3 Å². The molecule has 4 nitrogen and oxygen atoms in total. The second kappa shape index (κ2) is 7.14. The van der Waals surface area contributed by atoms with Crippen LogP contribution in [0.15, 0.2) is 29.2 Å². The fraction of sp³-hybridized carbons (Fsp3) is 0.429. The van der Waals surface area contributed by atoms with Gasteiger partial charge in [0.25, 0.3) is 0 Å². The molecule has 1 heterocycles. The monoisotopic (exact) mass is 311 g/mol. The predicted octanol–water partition coefficient (Wildman–Crippen LogP) is 1.16. The molecule has 0 atom stereocenters. The number of hydrogen-bond acceptors (Lipinski definition) is 4. The van der Waals surface area contributed by atoms with Gasteiger partial charge in [0.15, 0.2) is 0 Å². The second-order valence-electron chi connectivity index (χ2n) is 4.36. The van der Waals surface area contributed by atoms with Crippen LogP contribution >= 0.6 is 11.8 Å². The molecule has 1 aliphatic heterocycles. The Kier molecular flexibility index (Phi) is 5.49. The van der Waals surface area contributed by atoms with Gasteiger partial charge in [-0.3, -0.25) is 0 Å². The molecule has 1 fully saturated rings. The highest BCUT2D eigenvalue weighted by molar-refractivity contribution is 7.99. The summed E-state index contributed by atoms with van der Waals surface area (Å²) >= 11 is 1.79. The highest BCUT2D eigenvalue weighted by Gasteiger charge is 2.25. The van der Waals surface area contributed by atoms with Gasteiger partial charge in [0, 0.05) is 24.4 Å². The fourth-order valence-corrected chi connectivity index (χ4v) is 4.52. The Morgan fingerprint density at radius 1 is 1.30 bits per heavy atom. The fourth-order valence-electron chi connectivity index (χ4n) is 1.99. The van der Waals surface area contributed by atoms with Crippen molar-refractivity contribution in [2.75, 3.05) is 31.2 Å². The largest absolute Gasteiger partial charge is 0.384 e. The van der Waals surface area contributed by atoms with Gasteiger partial charge in [-0.25, -0.2) is 8.42 Å². The van der Waals surface area contributed by atoms with E-state index in [0.29, 0.717) is 18.7 Å². The smallest absolute Gasteiger partial charge is 0.243 e. The summed E-state index contributed by atoms with van der Waals surface area (Å²) in [5.41, 5.74) is 0.601. The lowest BCUT2D eigenvalue weighted by molar-refractivity contribution is 0.350. The summed E-state index contributed by atoms with van der Waals surface area (Å²) in [4.78, 5) is 0.272. The van der Waals surface area contributed by atoms with Crippen molar-refractivity contribution >= 4 is 21.8 Å². The minimum atomic E-state index is -3.44. The summed E-state index contributed by atoms with van der Waals surface area (Å²) < 4.78 is 26.7. The van der Waals surface area contributed by atoms with E-state index < -0.39 is 10.0 Å². The SMILES string of the molecule is O=S(=O)(c1cccc(C#CCO)c1)N1CCCSCC1. The van der Waals surface area contributed by atoms with Gasteiger partial charge in [0.2, 0.25) is 10.0 Å². The standard InChI is InChI=1S/C14H17NO3S2/c16-9-2-5-13-4-1-6-14(12-13)20(17,18)15-7-3-10-19-11-8-15/h1,4,6,12,16H,3,7-11H2. The summed E-state index contributed by atoms with van der Waals surface area (Å²) in [5, 5.41) is 8.69. The Morgan fingerprint density at radius 2 is 2.15 bits per heavy atom. The van der Waals surface area contributed by atoms with Gasteiger partial charge >= 0.3 is 0 Å². The molecule has 108 valence electrons. The number of rotatable bonds is 2. The first kappa shape index (κ1) is 15.4. The van der Waals surface area contributed by atoms with Crippen molar-refractivity contribution in [2.24, 2.45) is 0 Å².